The molecule has 0 aliphatic carbocycles. The minimum Gasteiger partial charge on any atom is -0.508 e. The van der Waals surface area contributed by atoms with Crippen LogP contribution in [-0.2, 0) is 19.5 Å². The first-order valence-electron chi connectivity index (χ1n) is 8.77. The molecule has 0 unspecified atom stereocenters. The SMILES string of the molecule is Cl.Cl.O=C(c1n[nH]c2c1CNCC2)N1CCN(Cc2cccc(O)c2)CC1. The van der Waals surface area contributed by atoms with Gasteiger partial charge in [0.05, 0.1) is 0 Å². The van der Waals surface area contributed by atoms with E-state index in [1.165, 1.54) is 0 Å². The minimum absolute atomic E-state index is 0. The molecule has 27 heavy (non-hydrogen) atoms. The molecule has 4 rings (SSSR count). The van der Waals surface area contributed by atoms with Crippen LogP contribution in [0.25, 0.3) is 0 Å². The maximum absolute atomic E-state index is 12.8. The Morgan fingerprint density at radius 2 is 1.96 bits per heavy atom. The van der Waals surface area contributed by atoms with Crippen molar-refractivity contribution < 1.29 is 9.90 Å². The maximum Gasteiger partial charge on any atom is 0.274 e. The van der Waals surface area contributed by atoms with Crippen LogP contribution >= 0.6 is 24.8 Å². The molecule has 1 amide bonds. The number of hydrogen-bond donors (Lipinski definition) is 3. The fourth-order valence-corrected chi connectivity index (χ4v) is 3.57. The van der Waals surface area contributed by atoms with Crippen molar-refractivity contribution >= 4 is 30.7 Å². The lowest BCUT2D eigenvalue weighted by molar-refractivity contribution is 0.0621. The smallest absolute Gasteiger partial charge is 0.274 e. The van der Waals surface area contributed by atoms with E-state index >= 15 is 0 Å². The summed E-state index contributed by atoms with van der Waals surface area (Å²) in [6.45, 7) is 5.48. The van der Waals surface area contributed by atoms with Crippen molar-refractivity contribution in [3.8, 4) is 5.75 Å². The first-order chi connectivity index (χ1) is 12.2. The van der Waals surface area contributed by atoms with Crippen LogP contribution in [0, 0.1) is 0 Å². The zero-order chi connectivity index (χ0) is 17.2. The van der Waals surface area contributed by atoms with E-state index in [0.717, 1.165) is 49.4 Å². The van der Waals surface area contributed by atoms with E-state index in [1.807, 2.05) is 17.0 Å². The van der Waals surface area contributed by atoms with Crippen LogP contribution in [0.1, 0.15) is 27.3 Å². The van der Waals surface area contributed by atoms with Crippen molar-refractivity contribution in [1.29, 1.82) is 0 Å². The quantitative estimate of drug-likeness (QED) is 0.710. The van der Waals surface area contributed by atoms with Gasteiger partial charge in [0.2, 0.25) is 0 Å². The lowest BCUT2D eigenvalue weighted by Crippen LogP contribution is -2.48. The van der Waals surface area contributed by atoms with Gasteiger partial charge in [-0.15, -0.1) is 24.8 Å². The molecule has 1 aromatic heterocycles. The topological polar surface area (TPSA) is 84.5 Å². The second-order valence-corrected chi connectivity index (χ2v) is 6.69. The number of halogens is 2. The van der Waals surface area contributed by atoms with Crippen molar-refractivity contribution in [3.05, 3.63) is 46.8 Å². The molecule has 0 atom stereocenters. The van der Waals surface area contributed by atoms with E-state index in [0.29, 0.717) is 31.1 Å². The summed E-state index contributed by atoms with van der Waals surface area (Å²) in [4.78, 5) is 17.0. The van der Waals surface area contributed by atoms with Gasteiger partial charge in [0.15, 0.2) is 5.69 Å². The van der Waals surface area contributed by atoms with Gasteiger partial charge in [-0.05, 0) is 17.7 Å². The Kier molecular flexibility index (Phi) is 7.49. The summed E-state index contributed by atoms with van der Waals surface area (Å²) < 4.78 is 0. The minimum atomic E-state index is 0. The van der Waals surface area contributed by atoms with E-state index in [9.17, 15) is 9.90 Å². The van der Waals surface area contributed by atoms with E-state index < -0.39 is 0 Å². The van der Waals surface area contributed by atoms with Crippen LogP contribution in [0.2, 0.25) is 0 Å². The number of hydrogen-bond acceptors (Lipinski definition) is 5. The molecule has 1 fully saturated rings. The van der Waals surface area contributed by atoms with Gasteiger partial charge in [-0.25, -0.2) is 0 Å². The number of H-pyrrole nitrogens is 1. The van der Waals surface area contributed by atoms with E-state index in [1.54, 1.807) is 12.1 Å². The molecule has 148 valence electrons. The molecular formula is C18H25Cl2N5O2. The summed E-state index contributed by atoms with van der Waals surface area (Å²) in [5, 5.41) is 20.2. The Morgan fingerprint density at radius 1 is 1.19 bits per heavy atom. The predicted molar refractivity (Wildman–Crippen MR) is 108 cm³/mol. The number of piperazine rings is 1. The number of phenols is 1. The number of fused-ring (bicyclic) bond motifs is 1. The summed E-state index contributed by atoms with van der Waals surface area (Å²) in [6, 6.07) is 7.35. The molecule has 0 saturated carbocycles. The summed E-state index contributed by atoms with van der Waals surface area (Å²) in [5.41, 5.74) is 3.78. The fourth-order valence-electron chi connectivity index (χ4n) is 3.57. The third kappa shape index (κ3) is 4.73. The lowest BCUT2D eigenvalue weighted by atomic mass is 10.1. The number of aromatic amines is 1. The first kappa shape index (κ1) is 21.5. The molecule has 3 heterocycles. The van der Waals surface area contributed by atoms with Gasteiger partial charge in [0, 0.05) is 63.5 Å². The Hall–Kier alpha value is -1.80. The molecule has 2 aliphatic heterocycles. The summed E-state index contributed by atoms with van der Waals surface area (Å²) in [5.74, 6) is 0.321. The number of nitrogens with one attached hydrogen (secondary N) is 2. The van der Waals surface area contributed by atoms with Crippen LogP contribution in [0.15, 0.2) is 24.3 Å². The zero-order valence-electron chi connectivity index (χ0n) is 15.0. The fraction of sp³-hybridized carbons (Fsp3) is 0.444. The number of phenolic OH excluding ortho intramolecular Hbond substituents is 1. The molecular weight excluding hydrogens is 389 g/mol. The molecule has 0 bridgehead atoms. The van der Waals surface area contributed by atoms with Crippen LogP contribution in [0.3, 0.4) is 0 Å². The monoisotopic (exact) mass is 413 g/mol. The van der Waals surface area contributed by atoms with E-state index in [-0.39, 0.29) is 30.7 Å². The number of aromatic hydroxyl groups is 1. The van der Waals surface area contributed by atoms with Crippen molar-refractivity contribution in [2.75, 3.05) is 32.7 Å². The van der Waals surface area contributed by atoms with Gasteiger partial charge < -0.3 is 15.3 Å². The third-order valence-corrected chi connectivity index (χ3v) is 4.99. The van der Waals surface area contributed by atoms with Crippen molar-refractivity contribution in [1.82, 2.24) is 25.3 Å². The average molecular weight is 414 g/mol. The van der Waals surface area contributed by atoms with E-state index in [4.69, 9.17) is 0 Å². The lowest BCUT2D eigenvalue weighted by Gasteiger charge is -2.34. The van der Waals surface area contributed by atoms with Crippen molar-refractivity contribution in [2.45, 2.75) is 19.5 Å². The number of carbonyl (C=O) groups excluding carboxylic acids is 1. The van der Waals surface area contributed by atoms with E-state index in [2.05, 4.69) is 20.4 Å². The zero-order valence-corrected chi connectivity index (χ0v) is 16.6. The number of carbonyl (C=O) groups is 1. The molecule has 1 aromatic carbocycles. The summed E-state index contributed by atoms with van der Waals surface area (Å²) in [6.07, 6.45) is 0.896. The highest BCUT2D eigenvalue weighted by atomic mass is 35.5. The Balaban J connectivity index is 0.00000131. The summed E-state index contributed by atoms with van der Waals surface area (Å²) in [7, 11) is 0. The number of rotatable bonds is 3. The molecule has 0 radical (unpaired) electrons. The standard InChI is InChI=1S/C18H23N5O2.2ClH/c24-14-3-1-2-13(10-14)12-22-6-8-23(9-7-22)18(25)17-15-11-19-5-4-16(15)20-21-17;;/h1-3,10,19,24H,4-9,11-12H2,(H,20,21);2*1H. The molecule has 0 spiro atoms. The average Bonchev–Trinajstić information content (AvgIpc) is 3.06. The molecule has 2 aromatic rings. The van der Waals surface area contributed by atoms with Gasteiger partial charge in [0.25, 0.3) is 5.91 Å². The van der Waals surface area contributed by atoms with Gasteiger partial charge >= 0.3 is 0 Å². The number of amides is 1. The van der Waals surface area contributed by atoms with Crippen LogP contribution < -0.4 is 5.32 Å². The molecule has 1 saturated heterocycles. The van der Waals surface area contributed by atoms with Crippen molar-refractivity contribution in [3.63, 3.8) is 0 Å². The molecule has 9 heteroatoms. The van der Waals surface area contributed by atoms with Crippen LogP contribution in [0.5, 0.6) is 5.75 Å². The predicted octanol–water partition coefficient (Wildman–Crippen LogP) is 1.56. The third-order valence-electron chi connectivity index (χ3n) is 4.99. The maximum atomic E-state index is 12.8. The Bertz CT molecular complexity index is 775. The largest absolute Gasteiger partial charge is 0.508 e. The molecule has 7 nitrogen and oxygen atoms in total. The van der Waals surface area contributed by atoms with Crippen molar-refractivity contribution in [2.24, 2.45) is 0 Å². The molecule has 3 N–H and O–H groups in total. The van der Waals surface area contributed by atoms with Gasteiger partial charge in [-0.1, -0.05) is 12.1 Å². The number of benzene rings is 1. The number of nitrogens with zero attached hydrogens (tertiary/aromatic N) is 3. The highest BCUT2D eigenvalue weighted by molar-refractivity contribution is 5.94. The number of aromatic nitrogens is 2. The summed E-state index contributed by atoms with van der Waals surface area (Å²) >= 11 is 0. The van der Waals surface area contributed by atoms with Gasteiger partial charge in [-0.2, -0.15) is 5.10 Å². The normalized spacial score (nSPS) is 16.8. The highest BCUT2D eigenvalue weighted by Crippen LogP contribution is 2.19. The second-order valence-electron chi connectivity index (χ2n) is 6.69. The van der Waals surface area contributed by atoms with Gasteiger partial charge in [0.1, 0.15) is 5.75 Å². The van der Waals surface area contributed by atoms with Crippen LogP contribution in [-0.4, -0.2) is 63.7 Å². The second kappa shape index (κ2) is 9.41. The first-order valence-corrected chi connectivity index (χ1v) is 8.77. The Morgan fingerprint density at radius 3 is 2.70 bits per heavy atom. The molecule has 2 aliphatic rings. The van der Waals surface area contributed by atoms with Gasteiger partial charge in [-0.3, -0.25) is 14.8 Å². The van der Waals surface area contributed by atoms with Crippen LogP contribution in [0.4, 0.5) is 0 Å². The highest BCUT2D eigenvalue weighted by Gasteiger charge is 2.28. The Labute approximate surface area is 170 Å².